The zero-order valence-electron chi connectivity index (χ0n) is 32.0. The fraction of sp³-hybridized carbons (Fsp3) is 0.341. The number of esters is 1. The fourth-order valence-electron chi connectivity index (χ4n) is 7.19. The van der Waals surface area contributed by atoms with Crippen LogP contribution in [0.2, 0.25) is 10.0 Å². The minimum absolute atomic E-state index is 0.128. The molecule has 16 heteroatoms. The molecular formula is C41H44Cl2N10O4. The number of hydrogen-bond acceptors (Lipinski definition) is 12. The van der Waals surface area contributed by atoms with Crippen molar-refractivity contribution in [1.82, 2.24) is 39.3 Å². The number of aromatic nitrogens is 6. The van der Waals surface area contributed by atoms with Crippen molar-refractivity contribution in [3.63, 3.8) is 0 Å². The van der Waals surface area contributed by atoms with Gasteiger partial charge in [0.2, 0.25) is 11.9 Å². The molecule has 0 unspecified atom stereocenters. The van der Waals surface area contributed by atoms with E-state index in [-0.39, 0.29) is 23.1 Å². The maximum Gasteiger partial charge on any atom is 0.319 e. The van der Waals surface area contributed by atoms with E-state index >= 15 is 0 Å². The van der Waals surface area contributed by atoms with Gasteiger partial charge in [-0.3, -0.25) is 28.4 Å². The zero-order valence-corrected chi connectivity index (χ0v) is 33.5. The highest BCUT2D eigenvalue weighted by Crippen LogP contribution is 2.29. The first-order valence-electron chi connectivity index (χ1n) is 18.9. The summed E-state index contributed by atoms with van der Waals surface area (Å²) in [5, 5.41) is 12.7. The summed E-state index contributed by atoms with van der Waals surface area (Å²) in [5.74, 6) is 0.825. The molecular weight excluding hydrogens is 767 g/mol. The van der Waals surface area contributed by atoms with Crippen molar-refractivity contribution in [1.29, 1.82) is 0 Å². The molecule has 0 amide bonds. The first-order chi connectivity index (χ1) is 27.6. The van der Waals surface area contributed by atoms with Crippen LogP contribution in [0.1, 0.15) is 25.7 Å². The number of methoxy groups -OCH3 is 1. The third kappa shape index (κ3) is 9.10. The lowest BCUT2D eigenvalue weighted by molar-refractivity contribution is -0.142. The summed E-state index contributed by atoms with van der Waals surface area (Å²) in [6.45, 7) is 3.88. The zero-order chi connectivity index (χ0) is 40.1. The van der Waals surface area contributed by atoms with Gasteiger partial charge in [0.25, 0.3) is 11.1 Å². The Hall–Kier alpha value is -5.41. The van der Waals surface area contributed by atoms with E-state index in [2.05, 4.69) is 40.8 Å². The van der Waals surface area contributed by atoms with Crippen LogP contribution in [-0.4, -0.2) is 91.9 Å². The van der Waals surface area contributed by atoms with Crippen LogP contribution >= 0.6 is 23.2 Å². The average molecular weight is 812 g/mol. The van der Waals surface area contributed by atoms with Crippen LogP contribution in [0.25, 0.3) is 44.3 Å². The van der Waals surface area contributed by atoms with Gasteiger partial charge in [-0.1, -0.05) is 59.6 Å². The van der Waals surface area contributed by atoms with Crippen molar-refractivity contribution in [3.8, 4) is 22.3 Å². The third-order valence-corrected chi connectivity index (χ3v) is 11.1. The Kier molecular flexibility index (Phi) is 12.4. The predicted octanol–water partition coefficient (Wildman–Crippen LogP) is 5.51. The lowest BCUT2D eigenvalue weighted by Gasteiger charge is -2.31. The number of carbonyl (C=O) groups is 1. The normalized spacial score (nSPS) is 15.2. The Balaban J connectivity index is 0.000000177. The largest absolute Gasteiger partial charge is 0.468 e. The maximum atomic E-state index is 13.0. The molecule has 4 aromatic heterocycles. The third-order valence-electron chi connectivity index (χ3n) is 10.4. The van der Waals surface area contributed by atoms with Crippen molar-refractivity contribution < 1.29 is 9.53 Å². The van der Waals surface area contributed by atoms with Gasteiger partial charge in [-0.25, -0.2) is 9.97 Å². The van der Waals surface area contributed by atoms with Crippen LogP contribution in [0.5, 0.6) is 0 Å². The molecule has 0 aliphatic carbocycles. The summed E-state index contributed by atoms with van der Waals surface area (Å²) < 4.78 is 7.82. The monoisotopic (exact) mass is 810 g/mol. The Morgan fingerprint density at radius 2 is 1.19 bits per heavy atom. The summed E-state index contributed by atoms with van der Waals surface area (Å²) in [5.41, 5.74) is 3.34. The highest BCUT2D eigenvalue weighted by Gasteiger charge is 2.22. The van der Waals surface area contributed by atoms with Crippen LogP contribution in [0.4, 0.5) is 11.9 Å². The number of hydrogen-bond donors (Lipinski definition) is 3. The number of halogens is 2. The Bertz CT molecular complexity index is 2530. The molecule has 0 atom stereocenters. The predicted molar refractivity (Wildman–Crippen MR) is 225 cm³/mol. The van der Waals surface area contributed by atoms with E-state index in [9.17, 15) is 14.4 Å². The lowest BCUT2D eigenvalue weighted by atomic mass is 10.1. The number of rotatable bonds is 8. The van der Waals surface area contributed by atoms with Gasteiger partial charge in [0.1, 0.15) is 11.3 Å². The molecule has 57 heavy (non-hydrogen) atoms. The second-order valence-electron chi connectivity index (χ2n) is 14.2. The standard InChI is InChI=1S/C22H24ClN5O3.C19H20ClN5O/c1-27-20-14(11-17(21(27)30)16-5-3-4-6-18(16)23)12-24-22(26-20)25-15-7-9-28(10-8-15)13-19(29)31-2;1-25-17-12(10-15(18(25)26)14-4-2-3-5-16(14)20)11-22-19(24-17)23-13-6-8-21-9-7-13/h3-6,11-12,15H,7-10,13H2,1-2H3,(H,24,25,26);2-5,10-11,13,21H,6-9H2,1H3,(H,22,23,24). The van der Waals surface area contributed by atoms with Gasteiger partial charge < -0.3 is 20.7 Å². The van der Waals surface area contributed by atoms with E-state index < -0.39 is 0 Å². The average Bonchev–Trinajstić information content (AvgIpc) is 3.23. The van der Waals surface area contributed by atoms with Gasteiger partial charge >= 0.3 is 5.97 Å². The number of likely N-dealkylation sites (tertiary alicyclic amines) is 1. The van der Waals surface area contributed by atoms with Crippen molar-refractivity contribution in [3.05, 3.63) is 104 Å². The Labute approximate surface area is 339 Å². The maximum absolute atomic E-state index is 13.0. The first-order valence-corrected chi connectivity index (χ1v) is 19.6. The summed E-state index contributed by atoms with van der Waals surface area (Å²) in [6, 6.07) is 18.8. The van der Waals surface area contributed by atoms with Crippen LogP contribution in [0.15, 0.2) is 82.6 Å². The summed E-state index contributed by atoms with van der Waals surface area (Å²) >= 11 is 12.6. The molecule has 296 valence electrons. The van der Waals surface area contributed by atoms with E-state index in [1.165, 1.54) is 11.7 Å². The summed E-state index contributed by atoms with van der Waals surface area (Å²) in [4.78, 5) is 57.4. The van der Waals surface area contributed by atoms with Gasteiger partial charge in [0.05, 0.1) is 13.7 Å². The van der Waals surface area contributed by atoms with Gasteiger partial charge in [0.15, 0.2) is 0 Å². The Morgan fingerprint density at radius 1 is 0.737 bits per heavy atom. The van der Waals surface area contributed by atoms with Crippen molar-refractivity contribution >= 4 is 63.1 Å². The highest BCUT2D eigenvalue weighted by atomic mass is 35.5. The van der Waals surface area contributed by atoms with Crippen molar-refractivity contribution in [2.24, 2.45) is 14.1 Å². The number of nitrogens with zero attached hydrogens (tertiary/aromatic N) is 7. The molecule has 6 heterocycles. The van der Waals surface area contributed by atoms with Gasteiger partial charge in [-0.05, 0) is 63.0 Å². The number of benzene rings is 2. The first kappa shape index (κ1) is 39.8. The van der Waals surface area contributed by atoms with Crippen LogP contribution in [-0.2, 0) is 23.6 Å². The van der Waals surface area contributed by atoms with E-state index in [4.69, 9.17) is 27.9 Å². The molecule has 14 nitrogen and oxygen atoms in total. The lowest BCUT2D eigenvalue weighted by Crippen LogP contribution is -2.41. The molecule has 6 aromatic rings. The number of fused-ring (bicyclic) bond motifs is 2. The quantitative estimate of drug-likeness (QED) is 0.166. The van der Waals surface area contributed by atoms with Gasteiger partial charge in [-0.2, -0.15) is 9.97 Å². The fourth-order valence-corrected chi connectivity index (χ4v) is 7.67. The molecule has 0 spiro atoms. The van der Waals surface area contributed by atoms with E-state index in [1.54, 1.807) is 49.3 Å². The number of carbonyl (C=O) groups excluding carboxylic acids is 1. The minimum Gasteiger partial charge on any atom is -0.468 e. The highest BCUT2D eigenvalue weighted by molar-refractivity contribution is 6.33. The van der Waals surface area contributed by atoms with Crippen LogP contribution in [0, 0.1) is 0 Å². The molecule has 2 fully saturated rings. The number of nitrogens with one attached hydrogen (secondary N) is 3. The van der Waals surface area contributed by atoms with Crippen LogP contribution in [0.3, 0.4) is 0 Å². The van der Waals surface area contributed by atoms with Gasteiger partial charge in [0, 0.05) is 94.7 Å². The topological polar surface area (TPSA) is 161 Å². The molecule has 2 aliphatic heterocycles. The summed E-state index contributed by atoms with van der Waals surface area (Å²) in [6.07, 6.45) is 7.27. The molecule has 3 N–H and O–H groups in total. The molecule has 2 saturated heterocycles. The minimum atomic E-state index is -0.221. The summed E-state index contributed by atoms with van der Waals surface area (Å²) in [7, 11) is 4.83. The van der Waals surface area contributed by atoms with E-state index in [1.807, 2.05) is 42.5 Å². The Morgan fingerprint density at radius 3 is 1.65 bits per heavy atom. The number of aryl methyl sites for hydroxylation is 2. The number of ether oxygens (including phenoxy) is 1. The molecule has 0 bridgehead atoms. The number of piperidine rings is 2. The second-order valence-corrected chi connectivity index (χ2v) is 15.0. The molecule has 2 aromatic carbocycles. The molecule has 8 rings (SSSR count). The molecule has 0 radical (unpaired) electrons. The SMILES string of the molecule is COC(=O)CN1CCC(Nc2ncc3cc(-c4ccccc4Cl)c(=O)n(C)c3n2)CC1.Cn1c(=O)c(-c2ccccc2Cl)cc2cnc(NC3CCNCC3)nc21. The van der Waals surface area contributed by atoms with E-state index in [0.717, 1.165) is 62.6 Å². The molecule has 0 saturated carbocycles. The van der Waals surface area contributed by atoms with Gasteiger partial charge in [-0.15, -0.1) is 0 Å². The van der Waals surface area contributed by atoms with Crippen LogP contribution < -0.4 is 27.1 Å². The second kappa shape index (κ2) is 17.8. The number of pyridine rings is 2. The number of anilines is 2. The smallest absolute Gasteiger partial charge is 0.319 e. The van der Waals surface area contributed by atoms with Crippen molar-refractivity contribution in [2.75, 3.05) is 50.5 Å². The molecule has 2 aliphatic rings. The van der Waals surface area contributed by atoms with E-state index in [0.29, 0.717) is 68.1 Å². The van der Waals surface area contributed by atoms with Crippen molar-refractivity contribution in [2.45, 2.75) is 37.8 Å².